The van der Waals surface area contributed by atoms with Gasteiger partial charge < -0.3 is 11.1 Å². The van der Waals surface area contributed by atoms with Crippen molar-refractivity contribution >= 4 is 17.3 Å². The molecule has 1 aromatic carbocycles. The number of rotatable bonds is 5. The smallest absolute Gasteiger partial charge is 0.271 e. The summed E-state index contributed by atoms with van der Waals surface area (Å²) in [4.78, 5) is 21.8. The first-order chi connectivity index (χ1) is 8.45. The van der Waals surface area contributed by atoms with E-state index < -0.39 is 16.9 Å². The Morgan fingerprint density at radius 1 is 1.67 bits per heavy atom. The van der Waals surface area contributed by atoms with Crippen LogP contribution >= 0.6 is 0 Å². The third-order valence-electron chi connectivity index (χ3n) is 2.45. The molecule has 0 radical (unpaired) electrons. The molecular weight excluding hydrogens is 234 g/mol. The van der Waals surface area contributed by atoms with E-state index in [0.29, 0.717) is 12.1 Å². The minimum atomic E-state index is -0.707. The zero-order valence-corrected chi connectivity index (χ0v) is 10.1. The quantitative estimate of drug-likeness (QED) is 0.471. The first-order valence-corrected chi connectivity index (χ1v) is 5.38. The number of nitrogens with two attached hydrogens (primary N) is 1. The van der Waals surface area contributed by atoms with Crippen LogP contribution in [0.15, 0.2) is 30.9 Å². The van der Waals surface area contributed by atoms with E-state index in [1.807, 2.05) is 0 Å². The molecule has 0 saturated carbocycles. The van der Waals surface area contributed by atoms with Gasteiger partial charge in [-0.05, 0) is 18.9 Å². The van der Waals surface area contributed by atoms with Crippen LogP contribution in [-0.2, 0) is 4.79 Å². The van der Waals surface area contributed by atoms with Crippen LogP contribution in [0.3, 0.4) is 0 Å². The van der Waals surface area contributed by atoms with E-state index in [1.165, 1.54) is 12.1 Å². The largest absolute Gasteiger partial charge is 0.324 e. The molecule has 1 aromatic rings. The summed E-state index contributed by atoms with van der Waals surface area (Å²) in [5, 5.41) is 13.2. The summed E-state index contributed by atoms with van der Waals surface area (Å²) in [5.74, 6) is -0.390. The van der Waals surface area contributed by atoms with Gasteiger partial charge in [0.05, 0.1) is 16.7 Å². The molecule has 6 heteroatoms. The van der Waals surface area contributed by atoms with Gasteiger partial charge in [0.15, 0.2) is 0 Å². The number of aryl methyl sites for hydroxylation is 1. The van der Waals surface area contributed by atoms with E-state index in [2.05, 4.69) is 11.9 Å². The van der Waals surface area contributed by atoms with Crippen LogP contribution in [0, 0.1) is 17.0 Å². The molecule has 0 aliphatic heterocycles. The van der Waals surface area contributed by atoms with Crippen molar-refractivity contribution in [3.63, 3.8) is 0 Å². The Morgan fingerprint density at radius 2 is 2.33 bits per heavy atom. The molecule has 0 spiro atoms. The predicted molar refractivity (Wildman–Crippen MR) is 69.3 cm³/mol. The average Bonchev–Trinajstić information content (AvgIpc) is 2.31. The van der Waals surface area contributed by atoms with Crippen LogP contribution in [-0.4, -0.2) is 16.9 Å². The van der Waals surface area contributed by atoms with E-state index >= 15 is 0 Å². The fourth-order valence-corrected chi connectivity index (χ4v) is 1.37. The monoisotopic (exact) mass is 249 g/mol. The third kappa shape index (κ3) is 3.39. The first-order valence-electron chi connectivity index (χ1n) is 5.38. The van der Waals surface area contributed by atoms with E-state index in [1.54, 1.807) is 19.1 Å². The summed E-state index contributed by atoms with van der Waals surface area (Å²) >= 11 is 0. The van der Waals surface area contributed by atoms with Crippen molar-refractivity contribution in [1.29, 1.82) is 0 Å². The molecule has 3 N–H and O–H groups in total. The number of nitrogens with one attached hydrogen (secondary N) is 1. The summed E-state index contributed by atoms with van der Waals surface area (Å²) in [6, 6.07) is 3.57. The minimum absolute atomic E-state index is 0.0757. The third-order valence-corrected chi connectivity index (χ3v) is 2.45. The fourth-order valence-electron chi connectivity index (χ4n) is 1.37. The molecule has 1 unspecified atom stereocenters. The highest BCUT2D eigenvalue weighted by Crippen LogP contribution is 2.21. The molecule has 0 saturated heterocycles. The molecule has 1 amide bonds. The number of carbonyl (C=O) groups excluding carboxylic acids is 1. The van der Waals surface area contributed by atoms with E-state index in [0.717, 1.165) is 5.56 Å². The first kappa shape index (κ1) is 13.9. The molecule has 0 aliphatic rings. The number of non-ortho nitro benzene ring substituents is 1. The number of anilines is 1. The summed E-state index contributed by atoms with van der Waals surface area (Å²) in [6.45, 7) is 5.24. The second-order valence-corrected chi connectivity index (χ2v) is 3.88. The number of hydrogen-bond donors (Lipinski definition) is 2. The maximum absolute atomic E-state index is 11.7. The molecule has 6 nitrogen and oxygen atoms in total. The number of benzene rings is 1. The molecule has 18 heavy (non-hydrogen) atoms. The van der Waals surface area contributed by atoms with Crippen molar-refractivity contribution in [2.24, 2.45) is 5.73 Å². The lowest BCUT2D eigenvalue weighted by Gasteiger charge is -2.12. The van der Waals surface area contributed by atoms with Gasteiger partial charge in [-0.3, -0.25) is 14.9 Å². The number of nitrogens with zero attached hydrogens (tertiary/aromatic N) is 1. The SMILES string of the molecule is C=CCC(N)C(=O)Nc1cc([N+](=O)[O-])ccc1C. The van der Waals surface area contributed by atoms with Gasteiger partial charge in [-0.25, -0.2) is 0 Å². The molecule has 1 rings (SSSR count). The fraction of sp³-hybridized carbons (Fsp3) is 0.250. The summed E-state index contributed by atoms with van der Waals surface area (Å²) in [5.41, 5.74) is 6.66. The maximum atomic E-state index is 11.7. The normalized spacial score (nSPS) is 11.7. The molecule has 96 valence electrons. The molecule has 0 aromatic heterocycles. The topological polar surface area (TPSA) is 98.3 Å². The number of hydrogen-bond acceptors (Lipinski definition) is 4. The van der Waals surface area contributed by atoms with E-state index in [4.69, 9.17) is 5.73 Å². The molecular formula is C12H15N3O3. The highest BCUT2D eigenvalue weighted by molar-refractivity contribution is 5.95. The van der Waals surface area contributed by atoms with Crippen molar-refractivity contribution in [2.75, 3.05) is 5.32 Å². The van der Waals surface area contributed by atoms with Gasteiger partial charge >= 0.3 is 0 Å². The number of nitro groups is 1. The Labute approximate surface area is 105 Å². The number of carbonyl (C=O) groups is 1. The predicted octanol–water partition coefficient (Wildman–Crippen LogP) is 1.75. The van der Waals surface area contributed by atoms with Gasteiger partial charge in [0.25, 0.3) is 5.69 Å². The Morgan fingerprint density at radius 3 is 2.89 bits per heavy atom. The molecule has 0 heterocycles. The van der Waals surface area contributed by atoms with Gasteiger partial charge in [-0.15, -0.1) is 6.58 Å². The Balaban J connectivity index is 2.89. The van der Waals surface area contributed by atoms with Crippen LogP contribution in [0.5, 0.6) is 0 Å². The van der Waals surface area contributed by atoms with Crippen molar-refractivity contribution in [3.05, 3.63) is 46.5 Å². The van der Waals surface area contributed by atoms with Crippen LogP contribution in [0.1, 0.15) is 12.0 Å². The van der Waals surface area contributed by atoms with Crippen LogP contribution in [0.2, 0.25) is 0 Å². The van der Waals surface area contributed by atoms with Gasteiger partial charge in [0, 0.05) is 12.1 Å². The second-order valence-electron chi connectivity index (χ2n) is 3.88. The lowest BCUT2D eigenvalue weighted by molar-refractivity contribution is -0.384. The van der Waals surface area contributed by atoms with Crippen LogP contribution in [0.25, 0.3) is 0 Å². The highest BCUT2D eigenvalue weighted by Gasteiger charge is 2.15. The lowest BCUT2D eigenvalue weighted by Crippen LogP contribution is -2.35. The summed E-state index contributed by atoms with van der Waals surface area (Å²) in [6.07, 6.45) is 1.89. The van der Waals surface area contributed by atoms with Crippen molar-refractivity contribution in [3.8, 4) is 0 Å². The van der Waals surface area contributed by atoms with E-state index in [-0.39, 0.29) is 5.69 Å². The zero-order chi connectivity index (χ0) is 13.7. The molecule has 0 fully saturated rings. The molecule has 1 atom stereocenters. The van der Waals surface area contributed by atoms with Crippen molar-refractivity contribution in [1.82, 2.24) is 0 Å². The molecule has 0 bridgehead atoms. The van der Waals surface area contributed by atoms with Crippen molar-refractivity contribution in [2.45, 2.75) is 19.4 Å². The Hall–Kier alpha value is -2.21. The summed E-state index contributed by atoms with van der Waals surface area (Å²) in [7, 11) is 0. The van der Waals surface area contributed by atoms with Crippen LogP contribution < -0.4 is 11.1 Å². The highest BCUT2D eigenvalue weighted by atomic mass is 16.6. The van der Waals surface area contributed by atoms with E-state index in [9.17, 15) is 14.9 Å². The minimum Gasteiger partial charge on any atom is -0.324 e. The second kappa shape index (κ2) is 5.92. The molecule has 0 aliphatic carbocycles. The van der Waals surface area contributed by atoms with Gasteiger partial charge in [0.2, 0.25) is 5.91 Å². The number of amides is 1. The average molecular weight is 249 g/mol. The van der Waals surface area contributed by atoms with Gasteiger partial charge in [-0.1, -0.05) is 12.1 Å². The lowest BCUT2D eigenvalue weighted by atomic mass is 10.1. The van der Waals surface area contributed by atoms with Gasteiger partial charge in [0.1, 0.15) is 0 Å². The Kier molecular flexibility index (Phi) is 4.56. The van der Waals surface area contributed by atoms with Crippen molar-refractivity contribution < 1.29 is 9.72 Å². The van der Waals surface area contributed by atoms with Crippen LogP contribution in [0.4, 0.5) is 11.4 Å². The standard InChI is InChI=1S/C12H15N3O3/c1-3-4-10(13)12(16)14-11-7-9(15(17)18)6-5-8(11)2/h3,5-7,10H,1,4,13H2,2H3,(H,14,16). The van der Waals surface area contributed by atoms with Gasteiger partial charge in [-0.2, -0.15) is 0 Å². The Bertz CT molecular complexity index is 485. The zero-order valence-electron chi connectivity index (χ0n) is 10.1. The number of nitro benzene ring substituents is 1. The summed E-state index contributed by atoms with van der Waals surface area (Å²) < 4.78 is 0. The maximum Gasteiger partial charge on any atom is 0.271 e.